The molecule has 20 heavy (non-hydrogen) atoms. The molecule has 0 saturated carbocycles. The molecule has 0 saturated heterocycles. The largest absolute Gasteiger partial charge is 0.356 e. The molecule has 6 heteroatoms. The lowest BCUT2D eigenvalue weighted by molar-refractivity contribution is -0.120. The molecule has 0 fully saturated rings. The molecule has 0 aliphatic heterocycles. The number of nitrogens with one attached hydrogen (secondary N) is 2. The number of anilines is 1. The Kier molecular flexibility index (Phi) is 4.55. The highest BCUT2D eigenvalue weighted by Crippen LogP contribution is 2.07. The van der Waals surface area contributed by atoms with Crippen LogP contribution in [0.15, 0.2) is 18.3 Å². The molecule has 0 bridgehead atoms. The Labute approximate surface area is 118 Å². The number of carbonyl (C=O) groups is 1. The van der Waals surface area contributed by atoms with Crippen LogP contribution in [0.3, 0.4) is 0 Å². The first kappa shape index (κ1) is 14.3. The number of aromatic nitrogens is 3. The first-order valence-electron chi connectivity index (χ1n) is 6.88. The lowest BCUT2D eigenvalue weighted by Crippen LogP contribution is -2.28. The number of hydrogen-bond donors (Lipinski definition) is 2. The SMILES string of the molecule is Cc1ccn2nc(NCCC(=O)NCC(C)C)nc2c1. The standard InChI is InChI=1S/C14H21N5O/c1-10(2)9-16-13(20)4-6-15-14-17-12-8-11(3)5-7-19(12)18-14/h5,7-8,10H,4,6,9H2,1-3H3,(H,15,18)(H,16,20). The number of hydrogen-bond acceptors (Lipinski definition) is 4. The highest BCUT2D eigenvalue weighted by molar-refractivity contribution is 5.76. The molecular weight excluding hydrogens is 254 g/mol. The summed E-state index contributed by atoms with van der Waals surface area (Å²) in [5.74, 6) is 1.06. The molecule has 0 aromatic carbocycles. The number of carbonyl (C=O) groups excluding carboxylic acids is 1. The van der Waals surface area contributed by atoms with Gasteiger partial charge >= 0.3 is 0 Å². The molecule has 2 aromatic heterocycles. The van der Waals surface area contributed by atoms with Crippen molar-refractivity contribution in [2.45, 2.75) is 27.2 Å². The molecule has 0 radical (unpaired) electrons. The predicted octanol–water partition coefficient (Wildman–Crippen LogP) is 1.61. The summed E-state index contributed by atoms with van der Waals surface area (Å²) in [7, 11) is 0. The minimum absolute atomic E-state index is 0.0470. The smallest absolute Gasteiger partial charge is 0.243 e. The second-order valence-corrected chi connectivity index (χ2v) is 5.32. The van der Waals surface area contributed by atoms with Crippen molar-refractivity contribution in [2.75, 3.05) is 18.4 Å². The Morgan fingerprint density at radius 3 is 3.00 bits per heavy atom. The molecule has 2 heterocycles. The molecule has 0 unspecified atom stereocenters. The van der Waals surface area contributed by atoms with E-state index in [1.165, 1.54) is 0 Å². The minimum atomic E-state index is 0.0470. The Morgan fingerprint density at radius 1 is 1.45 bits per heavy atom. The topological polar surface area (TPSA) is 71.3 Å². The maximum Gasteiger partial charge on any atom is 0.243 e. The van der Waals surface area contributed by atoms with Gasteiger partial charge in [0.1, 0.15) is 0 Å². The molecule has 1 amide bonds. The summed E-state index contributed by atoms with van der Waals surface area (Å²) in [5.41, 5.74) is 1.95. The number of aryl methyl sites for hydroxylation is 1. The molecule has 0 atom stereocenters. The van der Waals surface area contributed by atoms with Gasteiger partial charge in [0, 0.05) is 25.7 Å². The van der Waals surface area contributed by atoms with E-state index in [2.05, 4.69) is 34.6 Å². The van der Waals surface area contributed by atoms with E-state index < -0.39 is 0 Å². The third-order valence-corrected chi connectivity index (χ3v) is 2.84. The summed E-state index contributed by atoms with van der Waals surface area (Å²) >= 11 is 0. The van der Waals surface area contributed by atoms with Gasteiger partial charge in [-0.2, -0.15) is 4.98 Å². The van der Waals surface area contributed by atoms with Crippen LogP contribution >= 0.6 is 0 Å². The fourth-order valence-corrected chi connectivity index (χ4v) is 1.75. The van der Waals surface area contributed by atoms with Gasteiger partial charge in [-0.25, -0.2) is 4.52 Å². The van der Waals surface area contributed by atoms with Gasteiger partial charge < -0.3 is 10.6 Å². The number of rotatable bonds is 6. The zero-order valence-corrected chi connectivity index (χ0v) is 12.2. The molecule has 0 aliphatic rings. The van der Waals surface area contributed by atoms with Gasteiger partial charge in [-0.15, -0.1) is 5.10 Å². The molecule has 2 N–H and O–H groups in total. The van der Waals surface area contributed by atoms with E-state index in [0.717, 1.165) is 11.2 Å². The van der Waals surface area contributed by atoms with Gasteiger partial charge in [0.05, 0.1) is 0 Å². The van der Waals surface area contributed by atoms with Crippen molar-refractivity contribution in [3.63, 3.8) is 0 Å². The third-order valence-electron chi connectivity index (χ3n) is 2.84. The zero-order valence-electron chi connectivity index (χ0n) is 12.2. The van der Waals surface area contributed by atoms with Crippen LogP contribution in [0.4, 0.5) is 5.95 Å². The van der Waals surface area contributed by atoms with Crippen molar-refractivity contribution >= 4 is 17.5 Å². The summed E-state index contributed by atoms with van der Waals surface area (Å²) in [6, 6.07) is 3.94. The van der Waals surface area contributed by atoms with Crippen LogP contribution in [-0.4, -0.2) is 33.6 Å². The number of amides is 1. The van der Waals surface area contributed by atoms with E-state index >= 15 is 0 Å². The summed E-state index contributed by atoms with van der Waals surface area (Å²) in [5, 5.41) is 10.2. The average Bonchev–Trinajstić information content (AvgIpc) is 2.78. The lowest BCUT2D eigenvalue weighted by Gasteiger charge is -2.07. The molecule has 6 nitrogen and oxygen atoms in total. The maximum atomic E-state index is 11.6. The van der Waals surface area contributed by atoms with Crippen LogP contribution in [0.1, 0.15) is 25.8 Å². The van der Waals surface area contributed by atoms with Crippen LogP contribution in [0.5, 0.6) is 0 Å². The third kappa shape index (κ3) is 3.94. The highest BCUT2D eigenvalue weighted by atomic mass is 16.1. The summed E-state index contributed by atoms with van der Waals surface area (Å²) in [6.07, 6.45) is 2.29. The summed E-state index contributed by atoms with van der Waals surface area (Å²) < 4.78 is 1.72. The fraction of sp³-hybridized carbons (Fsp3) is 0.500. The number of pyridine rings is 1. The van der Waals surface area contributed by atoms with Gasteiger partial charge in [0.2, 0.25) is 11.9 Å². The van der Waals surface area contributed by atoms with E-state index in [1.807, 2.05) is 25.3 Å². The monoisotopic (exact) mass is 275 g/mol. The van der Waals surface area contributed by atoms with E-state index in [0.29, 0.717) is 31.4 Å². The van der Waals surface area contributed by atoms with Crippen LogP contribution in [-0.2, 0) is 4.79 Å². The van der Waals surface area contributed by atoms with Gasteiger partial charge in [-0.3, -0.25) is 4.79 Å². The Bertz CT molecular complexity index is 590. The van der Waals surface area contributed by atoms with E-state index in [9.17, 15) is 4.79 Å². The van der Waals surface area contributed by atoms with Crippen LogP contribution in [0.25, 0.3) is 5.65 Å². The van der Waals surface area contributed by atoms with Crippen molar-refractivity contribution in [1.29, 1.82) is 0 Å². The first-order chi connectivity index (χ1) is 9.54. The van der Waals surface area contributed by atoms with Gasteiger partial charge in [0.25, 0.3) is 0 Å². The summed E-state index contributed by atoms with van der Waals surface area (Å²) in [4.78, 5) is 15.9. The normalized spacial score (nSPS) is 11.0. The van der Waals surface area contributed by atoms with Gasteiger partial charge in [0.15, 0.2) is 5.65 Å². The minimum Gasteiger partial charge on any atom is -0.356 e. The number of fused-ring (bicyclic) bond motifs is 1. The highest BCUT2D eigenvalue weighted by Gasteiger charge is 2.05. The predicted molar refractivity (Wildman–Crippen MR) is 78.7 cm³/mol. The average molecular weight is 275 g/mol. The number of nitrogens with zero attached hydrogens (tertiary/aromatic N) is 3. The molecule has 0 spiro atoms. The Balaban J connectivity index is 1.82. The molecule has 2 aromatic rings. The molecule has 108 valence electrons. The summed E-state index contributed by atoms with van der Waals surface area (Å²) in [6.45, 7) is 7.40. The van der Waals surface area contributed by atoms with Crippen molar-refractivity contribution in [2.24, 2.45) is 5.92 Å². The molecule has 2 rings (SSSR count). The molecule has 0 aliphatic carbocycles. The van der Waals surface area contributed by atoms with Crippen molar-refractivity contribution in [1.82, 2.24) is 19.9 Å². The van der Waals surface area contributed by atoms with E-state index in [1.54, 1.807) is 4.52 Å². The van der Waals surface area contributed by atoms with Crippen LogP contribution in [0, 0.1) is 12.8 Å². The van der Waals surface area contributed by atoms with Gasteiger partial charge in [-0.1, -0.05) is 13.8 Å². The van der Waals surface area contributed by atoms with Crippen molar-refractivity contribution in [3.05, 3.63) is 23.9 Å². The maximum absolute atomic E-state index is 11.6. The Hall–Kier alpha value is -2.11. The quantitative estimate of drug-likeness (QED) is 0.840. The van der Waals surface area contributed by atoms with Crippen LogP contribution < -0.4 is 10.6 Å². The second-order valence-electron chi connectivity index (χ2n) is 5.32. The molecular formula is C14H21N5O. The van der Waals surface area contributed by atoms with E-state index in [4.69, 9.17) is 0 Å². The van der Waals surface area contributed by atoms with Crippen LogP contribution in [0.2, 0.25) is 0 Å². The Morgan fingerprint density at radius 2 is 2.25 bits per heavy atom. The van der Waals surface area contributed by atoms with Gasteiger partial charge in [-0.05, 0) is 30.5 Å². The fourth-order valence-electron chi connectivity index (χ4n) is 1.75. The van der Waals surface area contributed by atoms with Crippen molar-refractivity contribution in [3.8, 4) is 0 Å². The second kappa shape index (κ2) is 6.36. The van der Waals surface area contributed by atoms with E-state index in [-0.39, 0.29) is 5.91 Å². The van der Waals surface area contributed by atoms with Crippen molar-refractivity contribution < 1.29 is 4.79 Å². The lowest BCUT2D eigenvalue weighted by atomic mass is 10.2. The first-order valence-corrected chi connectivity index (χ1v) is 6.88. The zero-order chi connectivity index (χ0) is 14.5.